The summed E-state index contributed by atoms with van der Waals surface area (Å²) in [5.41, 5.74) is 2.09. The topological polar surface area (TPSA) is 116 Å². The summed E-state index contributed by atoms with van der Waals surface area (Å²) in [4.78, 5) is 52.0. The number of anilines is 2. The van der Waals surface area contributed by atoms with Gasteiger partial charge in [0.05, 0.1) is 23.8 Å². The third-order valence-electron chi connectivity index (χ3n) is 5.68. The third kappa shape index (κ3) is 5.25. The average molecular weight is 536 g/mol. The quantitative estimate of drug-likeness (QED) is 0.448. The summed E-state index contributed by atoms with van der Waals surface area (Å²) >= 11 is 3.40. The van der Waals surface area contributed by atoms with Crippen molar-refractivity contribution in [1.82, 2.24) is 5.32 Å². The molecule has 0 saturated heterocycles. The van der Waals surface area contributed by atoms with Crippen LogP contribution in [0.5, 0.6) is 0 Å². The van der Waals surface area contributed by atoms with Crippen LogP contribution in [0.2, 0.25) is 0 Å². The Morgan fingerprint density at radius 1 is 1.03 bits per heavy atom. The third-order valence-corrected chi connectivity index (χ3v) is 6.17. The van der Waals surface area contributed by atoms with Crippen molar-refractivity contribution >= 4 is 51.0 Å². The van der Waals surface area contributed by atoms with Gasteiger partial charge in [0.15, 0.2) is 0 Å². The molecule has 0 bridgehead atoms. The molecule has 0 saturated carbocycles. The molecule has 4 rings (SSSR count). The van der Waals surface area contributed by atoms with Crippen LogP contribution < -0.4 is 15.5 Å². The highest BCUT2D eigenvalue weighted by atomic mass is 79.9. The van der Waals surface area contributed by atoms with Gasteiger partial charge in [0, 0.05) is 15.6 Å². The first kappa shape index (κ1) is 24.2. The van der Waals surface area contributed by atoms with Crippen LogP contribution in [0.4, 0.5) is 11.4 Å². The number of carboxylic acids is 1. The van der Waals surface area contributed by atoms with E-state index in [-0.39, 0.29) is 29.5 Å². The zero-order valence-corrected chi connectivity index (χ0v) is 20.3. The van der Waals surface area contributed by atoms with Gasteiger partial charge in [-0.2, -0.15) is 0 Å². The SMILES string of the molecule is CC(NC(=O)c1ccc2c(c1)NC(=O)CC(c1ccccc1)N2C(=O)c1cccc(Br)c1)C(=O)O. The van der Waals surface area contributed by atoms with Crippen molar-refractivity contribution in [3.8, 4) is 0 Å². The van der Waals surface area contributed by atoms with E-state index >= 15 is 0 Å². The highest BCUT2D eigenvalue weighted by Crippen LogP contribution is 2.39. The summed E-state index contributed by atoms with van der Waals surface area (Å²) in [5.74, 6) is -2.40. The van der Waals surface area contributed by atoms with E-state index < -0.39 is 24.0 Å². The number of benzene rings is 3. The zero-order valence-electron chi connectivity index (χ0n) is 18.7. The van der Waals surface area contributed by atoms with Gasteiger partial charge >= 0.3 is 5.97 Å². The minimum absolute atomic E-state index is 0.00994. The minimum atomic E-state index is -1.17. The van der Waals surface area contributed by atoms with Crippen molar-refractivity contribution < 1.29 is 24.3 Å². The van der Waals surface area contributed by atoms with E-state index in [1.165, 1.54) is 19.1 Å². The van der Waals surface area contributed by atoms with Crippen LogP contribution in [0.25, 0.3) is 0 Å². The fraction of sp³-hybridized carbons (Fsp3) is 0.154. The van der Waals surface area contributed by atoms with E-state index in [1.54, 1.807) is 29.2 Å². The van der Waals surface area contributed by atoms with Gasteiger partial charge in [-0.05, 0) is 48.9 Å². The van der Waals surface area contributed by atoms with Crippen molar-refractivity contribution in [2.75, 3.05) is 10.2 Å². The molecule has 0 fully saturated rings. The zero-order chi connectivity index (χ0) is 25.1. The number of fused-ring (bicyclic) bond motifs is 1. The number of carbonyl (C=O) groups is 4. The summed E-state index contributed by atoms with van der Waals surface area (Å²) < 4.78 is 0.739. The maximum absolute atomic E-state index is 13.8. The molecule has 1 aliphatic rings. The van der Waals surface area contributed by atoms with Gasteiger partial charge < -0.3 is 15.7 Å². The van der Waals surface area contributed by atoms with Gasteiger partial charge in [0.1, 0.15) is 6.04 Å². The van der Waals surface area contributed by atoms with Crippen LogP contribution >= 0.6 is 15.9 Å². The Kier molecular flexibility index (Phi) is 6.97. The molecule has 0 spiro atoms. The first-order valence-corrected chi connectivity index (χ1v) is 11.7. The summed E-state index contributed by atoms with van der Waals surface area (Å²) in [6.07, 6.45) is 0.00994. The van der Waals surface area contributed by atoms with Crippen molar-refractivity contribution in [3.05, 3.63) is 94.0 Å². The first-order valence-electron chi connectivity index (χ1n) is 10.9. The Labute approximate surface area is 210 Å². The van der Waals surface area contributed by atoms with E-state index in [1.807, 2.05) is 36.4 Å². The molecule has 0 aliphatic carbocycles. The number of carbonyl (C=O) groups excluding carboxylic acids is 3. The van der Waals surface area contributed by atoms with E-state index in [0.717, 1.165) is 10.0 Å². The highest BCUT2D eigenvalue weighted by Gasteiger charge is 2.34. The summed E-state index contributed by atoms with van der Waals surface area (Å²) in [5, 5.41) is 14.3. The van der Waals surface area contributed by atoms with Gasteiger partial charge in [-0.3, -0.25) is 24.1 Å². The summed E-state index contributed by atoms with van der Waals surface area (Å²) in [7, 11) is 0. The van der Waals surface area contributed by atoms with Gasteiger partial charge in [-0.25, -0.2) is 0 Å². The van der Waals surface area contributed by atoms with Gasteiger partial charge in [-0.15, -0.1) is 0 Å². The second-order valence-corrected chi connectivity index (χ2v) is 9.05. The lowest BCUT2D eigenvalue weighted by Gasteiger charge is -2.31. The molecule has 178 valence electrons. The molecule has 0 aromatic heterocycles. The van der Waals surface area contributed by atoms with Crippen LogP contribution in [0, 0.1) is 0 Å². The summed E-state index contributed by atoms with van der Waals surface area (Å²) in [6, 6.07) is 19.1. The number of nitrogens with one attached hydrogen (secondary N) is 2. The van der Waals surface area contributed by atoms with E-state index in [4.69, 9.17) is 5.11 Å². The highest BCUT2D eigenvalue weighted by molar-refractivity contribution is 9.10. The number of nitrogens with zero attached hydrogens (tertiary/aromatic N) is 1. The van der Waals surface area contributed by atoms with E-state index in [0.29, 0.717) is 11.3 Å². The Hall–Kier alpha value is -3.98. The number of hydrogen-bond donors (Lipinski definition) is 3. The number of aliphatic carboxylic acids is 1. The lowest BCUT2D eigenvalue weighted by molar-refractivity contribution is -0.138. The molecular weight excluding hydrogens is 514 g/mol. The van der Waals surface area contributed by atoms with Crippen LogP contribution in [0.15, 0.2) is 77.3 Å². The largest absolute Gasteiger partial charge is 0.480 e. The molecule has 9 heteroatoms. The molecule has 0 radical (unpaired) electrons. The fourth-order valence-corrected chi connectivity index (χ4v) is 4.32. The van der Waals surface area contributed by atoms with Crippen molar-refractivity contribution in [2.45, 2.75) is 25.4 Å². The second kappa shape index (κ2) is 10.1. The van der Waals surface area contributed by atoms with Gasteiger partial charge in [-0.1, -0.05) is 52.3 Å². The average Bonchev–Trinajstić information content (AvgIpc) is 2.99. The Balaban J connectivity index is 1.82. The molecule has 2 unspecified atom stereocenters. The van der Waals surface area contributed by atoms with Crippen LogP contribution in [-0.2, 0) is 9.59 Å². The number of hydrogen-bond acceptors (Lipinski definition) is 4. The smallest absolute Gasteiger partial charge is 0.325 e. The number of rotatable bonds is 5. The van der Waals surface area contributed by atoms with Crippen molar-refractivity contribution in [3.63, 3.8) is 0 Å². The van der Waals surface area contributed by atoms with Crippen LogP contribution in [0.3, 0.4) is 0 Å². The molecule has 2 atom stereocenters. The van der Waals surface area contributed by atoms with Gasteiger partial charge in [0.2, 0.25) is 5.91 Å². The lowest BCUT2D eigenvalue weighted by Crippen LogP contribution is -2.38. The van der Waals surface area contributed by atoms with Gasteiger partial charge in [0.25, 0.3) is 11.8 Å². The molecule has 3 aromatic rings. The molecule has 1 heterocycles. The van der Waals surface area contributed by atoms with E-state index in [9.17, 15) is 19.2 Å². The Morgan fingerprint density at radius 2 is 1.77 bits per heavy atom. The summed E-state index contributed by atoms with van der Waals surface area (Å²) in [6.45, 7) is 1.36. The van der Waals surface area contributed by atoms with E-state index in [2.05, 4.69) is 26.6 Å². The predicted molar refractivity (Wildman–Crippen MR) is 134 cm³/mol. The monoisotopic (exact) mass is 535 g/mol. The number of amides is 3. The molecule has 3 amide bonds. The minimum Gasteiger partial charge on any atom is -0.480 e. The van der Waals surface area contributed by atoms with Crippen LogP contribution in [0.1, 0.15) is 45.7 Å². The van der Waals surface area contributed by atoms with Crippen LogP contribution in [-0.4, -0.2) is 34.8 Å². The predicted octanol–water partition coefficient (Wildman–Crippen LogP) is 4.38. The molecule has 35 heavy (non-hydrogen) atoms. The number of halogens is 1. The Bertz CT molecular complexity index is 1310. The second-order valence-electron chi connectivity index (χ2n) is 8.13. The fourth-order valence-electron chi connectivity index (χ4n) is 3.92. The first-order chi connectivity index (χ1) is 16.7. The number of carboxylic acid groups (broad SMARTS) is 1. The standard InChI is InChI=1S/C26H22BrN3O5/c1-15(26(34)35)28-24(32)17-10-11-21-20(13-17)29-23(31)14-22(16-6-3-2-4-7-16)30(21)25(33)18-8-5-9-19(27)12-18/h2-13,15,22H,14H2,1H3,(H,28,32)(H,29,31)(H,34,35). The molecule has 3 aromatic carbocycles. The molecule has 1 aliphatic heterocycles. The normalized spacial score (nSPS) is 15.9. The molecular formula is C26H22BrN3O5. The van der Waals surface area contributed by atoms with Crippen molar-refractivity contribution in [2.24, 2.45) is 0 Å². The molecule has 8 nitrogen and oxygen atoms in total. The Morgan fingerprint density at radius 3 is 2.46 bits per heavy atom. The van der Waals surface area contributed by atoms with Crippen molar-refractivity contribution in [1.29, 1.82) is 0 Å². The lowest BCUT2D eigenvalue weighted by atomic mass is 10.00. The maximum atomic E-state index is 13.8. The maximum Gasteiger partial charge on any atom is 0.325 e. The molecule has 3 N–H and O–H groups in total.